The Kier molecular flexibility index (Phi) is 10.9. The molecule has 1 aromatic rings. The summed E-state index contributed by atoms with van der Waals surface area (Å²) in [6.45, 7) is 1.99. The van der Waals surface area contributed by atoms with E-state index in [1.807, 2.05) is 48.6 Å². The van der Waals surface area contributed by atoms with E-state index in [1.54, 1.807) is 14.0 Å². The molecule has 3 N–H and O–H groups in total. The van der Waals surface area contributed by atoms with Gasteiger partial charge in [-0.25, -0.2) is 4.79 Å². The third-order valence-electron chi connectivity index (χ3n) is 6.37. The van der Waals surface area contributed by atoms with Gasteiger partial charge in [-0.1, -0.05) is 48.6 Å². The molecule has 1 heterocycles. The molecule has 0 spiro atoms. The highest BCUT2D eigenvalue weighted by atomic mass is 16.5. The van der Waals surface area contributed by atoms with Crippen molar-refractivity contribution in [1.82, 2.24) is 16.0 Å². The van der Waals surface area contributed by atoms with Crippen molar-refractivity contribution in [2.75, 3.05) is 13.7 Å². The minimum Gasteiger partial charge on any atom is -0.460 e. The van der Waals surface area contributed by atoms with Crippen LogP contribution in [0.4, 0.5) is 0 Å². The van der Waals surface area contributed by atoms with Crippen molar-refractivity contribution in [2.24, 2.45) is 0 Å². The first-order valence-corrected chi connectivity index (χ1v) is 12.8. The number of allylic oxidation sites excluding steroid dienone is 3. The van der Waals surface area contributed by atoms with Crippen LogP contribution in [0.1, 0.15) is 51.0 Å². The van der Waals surface area contributed by atoms with Gasteiger partial charge in [0.1, 0.15) is 24.2 Å². The standard InChI is InChI=1S/C28H37N3O6/c1-19-26(33)31-24(17-21-12-7-4-8-13-21)28(35)37-22(14-9-15-36-2)18-25(32)30-23(27(34)29-19)16-20-10-5-3-6-11-20/h4-5,7-8,10-13,19,22-24H,3,6,9,14-18H2,1-2H3,(H,29,34)(H,30,32)(H,31,33)/t19-,22-,23-,24-/m1/s1. The first-order valence-electron chi connectivity index (χ1n) is 12.8. The van der Waals surface area contributed by atoms with Crippen molar-refractivity contribution in [3.63, 3.8) is 0 Å². The van der Waals surface area contributed by atoms with Crippen LogP contribution in [0.15, 0.2) is 54.1 Å². The van der Waals surface area contributed by atoms with E-state index >= 15 is 0 Å². The predicted octanol–water partition coefficient (Wildman–Crippen LogP) is 2.11. The smallest absolute Gasteiger partial charge is 0.329 e. The molecule has 0 unspecified atom stereocenters. The predicted molar refractivity (Wildman–Crippen MR) is 138 cm³/mol. The Balaban J connectivity index is 1.84. The molecule has 1 aliphatic heterocycles. The minimum atomic E-state index is -0.976. The fourth-order valence-corrected chi connectivity index (χ4v) is 4.35. The molecule has 0 aromatic heterocycles. The van der Waals surface area contributed by atoms with E-state index in [4.69, 9.17) is 9.47 Å². The van der Waals surface area contributed by atoms with Crippen LogP contribution in [0.5, 0.6) is 0 Å². The lowest BCUT2D eigenvalue weighted by molar-refractivity contribution is -0.154. The van der Waals surface area contributed by atoms with E-state index in [1.165, 1.54) is 0 Å². The Morgan fingerprint density at radius 1 is 0.946 bits per heavy atom. The Hall–Kier alpha value is -3.46. The van der Waals surface area contributed by atoms with E-state index in [2.05, 4.69) is 16.0 Å². The van der Waals surface area contributed by atoms with E-state index in [9.17, 15) is 19.2 Å². The third kappa shape index (κ3) is 9.17. The molecule has 4 atom stereocenters. The molecule has 2 aliphatic rings. The van der Waals surface area contributed by atoms with Crippen molar-refractivity contribution in [2.45, 2.75) is 76.1 Å². The Morgan fingerprint density at radius 2 is 1.73 bits per heavy atom. The number of carbonyl (C=O) groups excluding carboxylic acids is 4. The summed E-state index contributed by atoms with van der Waals surface area (Å²) in [5.41, 5.74) is 1.78. The summed E-state index contributed by atoms with van der Waals surface area (Å²) < 4.78 is 10.9. The van der Waals surface area contributed by atoms with E-state index in [0.29, 0.717) is 25.9 Å². The summed E-state index contributed by atoms with van der Waals surface area (Å²) in [5.74, 6) is -2.00. The van der Waals surface area contributed by atoms with E-state index in [-0.39, 0.29) is 12.8 Å². The zero-order valence-electron chi connectivity index (χ0n) is 21.5. The van der Waals surface area contributed by atoms with Crippen LogP contribution in [0.2, 0.25) is 0 Å². The lowest BCUT2D eigenvalue weighted by Gasteiger charge is -2.23. The summed E-state index contributed by atoms with van der Waals surface area (Å²) in [5, 5.41) is 8.23. The van der Waals surface area contributed by atoms with Gasteiger partial charge in [0, 0.05) is 26.6 Å². The number of carbonyl (C=O) groups is 4. The quantitative estimate of drug-likeness (QED) is 0.363. The average Bonchev–Trinajstić information content (AvgIpc) is 2.88. The van der Waals surface area contributed by atoms with Crippen LogP contribution in [-0.4, -0.2) is 61.6 Å². The molecule has 200 valence electrons. The largest absolute Gasteiger partial charge is 0.460 e. The summed E-state index contributed by atoms with van der Waals surface area (Å²) in [6.07, 6.45) is 8.49. The normalized spacial score (nSPS) is 25.4. The van der Waals surface area contributed by atoms with Gasteiger partial charge in [-0.2, -0.15) is 0 Å². The van der Waals surface area contributed by atoms with Gasteiger partial charge in [-0.15, -0.1) is 0 Å². The number of hydrogen-bond donors (Lipinski definition) is 3. The lowest BCUT2D eigenvalue weighted by Crippen LogP contribution is -2.54. The van der Waals surface area contributed by atoms with Gasteiger partial charge in [0.2, 0.25) is 17.7 Å². The maximum atomic E-state index is 13.2. The maximum Gasteiger partial charge on any atom is 0.329 e. The average molecular weight is 512 g/mol. The first-order chi connectivity index (χ1) is 17.9. The second kappa shape index (κ2) is 14.3. The van der Waals surface area contributed by atoms with Crippen LogP contribution in [0, 0.1) is 0 Å². The number of amides is 3. The Bertz CT molecular complexity index is 1010. The molecule has 0 radical (unpaired) electrons. The highest BCUT2D eigenvalue weighted by Gasteiger charge is 2.32. The fraction of sp³-hybridized carbons (Fsp3) is 0.500. The van der Waals surface area contributed by atoms with Crippen molar-refractivity contribution in [3.05, 3.63) is 59.7 Å². The maximum absolute atomic E-state index is 13.2. The van der Waals surface area contributed by atoms with Crippen molar-refractivity contribution < 1.29 is 28.7 Å². The second-order valence-corrected chi connectivity index (χ2v) is 9.46. The fourth-order valence-electron chi connectivity index (χ4n) is 4.35. The molecular formula is C28H37N3O6. The van der Waals surface area contributed by atoms with Gasteiger partial charge in [0.15, 0.2) is 0 Å². The number of esters is 1. The molecule has 1 fully saturated rings. The van der Waals surface area contributed by atoms with Gasteiger partial charge in [0.25, 0.3) is 0 Å². The first kappa shape index (κ1) is 28.1. The van der Waals surface area contributed by atoms with Gasteiger partial charge in [0.05, 0.1) is 6.42 Å². The summed E-state index contributed by atoms with van der Waals surface area (Å²) in [6, 6.07) is 6.50. The summed E-state index contributed by atoms with van der Waals surface area (Å²) in [7, 11) is 1.58. The van der Waals surface area contributed by atoms with Gasteiger partial charge >= 0.3 is 5.97 Å². The SMILES string of the molecule is COCCC[C@@H]1CC(=O)N[C@H](CC2=CCCC=C2)C(=O)N[C@H](C)C(=O)N[C@H](Cc2ccccc2)C(=O)O1. The molecule has 1 saturated heterocycles. The summed E-state index contributed by atoms with van der Waals surface area (Å²) in [4.78, 5) is 52.4. The molecular weight excluding hydrogens is 474 g/mol. The molecule has 9 heteroatoms. The highest BCUT2D eigenvalue weighted by molar-refractivity contribution is 5.94. The van der Waals surface area contributed by atoms with Crippen LogP contribution >= 0.6 is 0 Å². The summed E-state index contributed by atoms with van der Waals surface area (Å²) >= 11 is 0. The van der Waals surface area contributed by atoms with E-state index < -0.39 is 47.9 Å². The van der Waals surface area contributed by atoms with Gasteiger partial charge in [-0.05, 0) is 43.7 Å². The lowest BCUT2D eigenvalue weighted by atomic mass is 9.99. The number of cyclic esters (lactones) is 1. The van der Waals surface area contributed by atoms with Crippen molar-refractivity contribution in [3.8, 4) is 0 Å². The monoisotopic (exact) mass is 511 g/mol. The van der Waals surface area contributed by atoms with E-state index in [0.717, 1.165) is 24.0 Å². The molecule has 0 saturated carbocycles. The molecule has 1 aromatic carbocycles. The van der Waals surface area contributed by atoms with Crippen LogP contribution < -0.4 is 16.0 Å². The van der Waals surface area contributed by atoms with Gasteiger partial charge < -0.3 is 25.4 Å². The van der Waals surface area contributed by atoms with Crippen LogP contribution in [-0.2, 0) is 35.1 Å². The molecule has 0 bridgehead atoms. The number of methoxy groups -OCH3 is 1. The zero-order valence-corrected chi connectivity index (χ0v) is 21.5. The molecule has 37 heavy (non-hydrogen) atoms. The second-order valence-electron chi connectivity index (χ2n) is 9.46. The van der Waals surface area contributed by atoms with Crippen molar-refractivity contribution in [1.29, 1.82) is 0 Å². The number of hydrogen-bond acceptors (Lipinski definition) is 6. The molecule has 3 rings (SSSR count). The minimum absolute atomic E-state index is 0.102. The van der Waals surface area contributed by atoms with Crippen LogP contribution in [0.25, 0.3) is 0 Å². The molecule has 1 aliphatic carbocycles. The van der Waals surface area contributed by atoms with Crippen LogP contribution in [0.3, 0.4) is 0 Å². The number of ether oxygens (including phenoxy) is 2. The number of nitrogens with one attached hydrogen (secondary N) is 3. The number of benzene rings is 1. The van der Waals surface area contributed by atoms with Crippen molar-refractivity contribution >= 4 is 23.7 Å². The highest BCUT2D eigenvalue weighted by Crippen LogP contribution is 2.17. The zero-order chi connectivity index (χ0) is 26.6. The number of rotatable bonds is 8. The molecule has 3 amide bonds. The topological polar surface area (TPSA) is 123 Å². The third-order valence-corrected chi connectivity index (χ3v) is 6.37. The molecule has 9 nitrogen and oxygen atoms in total. The Morgan fingerprint density at radius 3 is 2.43 bits per heavy atom. The Labute approximate surface area is 218 Å². The van der Waals surface area contributed by atoms with Gasteiger partial charge in [-0.3, -0.25) is 14.4 Å².